The lowest BCUT2D eigenvalue weighted by atomic mass is 10.1. The highest BCUT2D eigenvalue weighted by Gasteiger charge is 2.05. The van der Waals surface area contributed by atoms with Crippen molar-refractivity contribution in [1.82, 2.24) is 0 Å². The van der Waals surface area contributed by atoms with Gasteiger partial charge in [0.15, 0.2) is 11.6 Å². The molecule has 1 N–H and O–H groups in total. The summed E-state index contributed by atoms with van der Waals surface area (Å²) in [5.74, 6) is -2.02. The van der Waals surface area contributed by atoms with Crippen LogP contribution in [0.5, 0.6) is 0 Å². The number of rotatable bonds is 6. The third-order valence-corrected chi connectivity index (χ3v) is 2.46. The van der Waals surface area contributed by atoms with Gasteiger partial charge in [-0.2, -0.15) is 0 Å². The van der Waals surface area contributed by atoms with Gasteiger partial charge < -0.3 is 5.32 Å². The van der Waals surface area contributed by atoms with Gasteiger partial charge in [0.2, 0.25) is 5.91 Å². The lowest BCUT2D eigenvalue weighted by molar-refractivity contribution is -0.116. The van der Waals surface area contributed by atoms with Gasteiger partial charge in [0.1, 0.15) is 0 Å². The average Bonchev–Trinajstić information content (AvgIpc) is 2.30. The highest BCUT2D eigenvalue weighted by atomic mass is 19.2. The van der Waals surface area contributed by atoms with E-state index in [9.17, 15) is 13.6 Å². The molecule has 1 rings (SSSR count). The van der Waals surface area contributed by atoms with Crippen molar-refractivity contribution in [3.8, 4) is 0 Å². The first-order valence-electron chi connectivity index (χ1n) is 5.88. The second-order valence-corrected chi connectivity index (χ2v) is 3.99. The molecule has 0 spiro atoms. The molecular weight excluding hydrogens is 224 g/mol. The number of halogens is 2. The minimum Gasteiger partial charge on any atom is -0.326 e. The van der Waals surface area contributed by atoms with Gasteiger partial charge in [-0.3, -0.25) is 4.79 Å². The maximum absolute atomic E-state index is 12.9. The van der Waals surface area contributed by atoms with Gasteiger partial charge in [-0.15, -0.1) is 0 Å². The molecule has 0 aliphatic heterocycles. The summed E-state index contributed by atoms with van der Waals surface area (Å²) in [6.07, 6.45) is 4.48. The topological polar surface area (TPSA) is 29.1 Å². The molecule has 1 aromatic rings. The smallest absolute Gasteiger partial charge is 0.224 e. The van der Waals surface area contributed by atoms with Crippen LogP contribution in [0.3, 0.4) is 0 Å². The average molecular weight is 241 g/mol. The SMILES string of the molecule is CCCCCCC(=O)Nc1ccc(F)c(F)c1. The van der Waals surface area contributed by atoms with E-state index in [4.69, 9.17) is 0 Å². The summed E-state index contributed by atoms with van der Waals surface area (Å²) in [4.78, 5) is 11.4. The molecule has 0 unspecified atom stereocenters. The molecule has 0 aliphatic carbocycles. The molecule has 4 heteroatoms. The summed E-state index contributed by atoms with van der Waals surface area (Å²) in [7, 11) is 0. The summed E-state index contributed by atoms with van der Waals surface area (Å²) in [5, 5.41) is 2.54. The number of nitrogens with one attached hydrogen (secondary N) is 1. The fourth-order valence-corrected chi connectivity index (χ4v) is 1.51. The first-order valence-corrected chi connectivity index (χ1v) is 5.88. The van der Waals surface area contributed by atoms with E-state index in [2.05, 4.69) is 12.2 Å². The fraction of sp³-hybridized carbons (Fsp3) is 0.462. The summed E-state index contributed by atoms with van der Waals surface area (Å²) in [5.41, 5.74) is 0.296. The van der Waals surface area contributed by atoms with Crippen LogP contribution in [0.25, 0.3) is 0 Å². The standard InChI is InChI=1S/C13H17F2NO/c1-2-3-4-5-6-13(17)16-10-7-8-11(14)12(15)9-10/h7-9H,2-6H2,1H3,(H,16,17). The zero-order valence-corrected chi connectivity index (χ0v) is 9.93. The molecule has 94 valence electrons. The van der Waals surface area contributed by atoms with Crippen molar-refractivity contribution in [2.24, 2.45) is 0 Å². The number of anilines is 1. The Morgan fingerprint density at radius 2 is 1.94 bits per heavy atom. The largest absolute Gasteiger partial charge is 0.326 e. The number of amides is 1. The first kappa shape index (κ1) is 13.6. The summed E-state index contributed by atoms with van der Waals surface area (Å²) in [6, 6.07) is 3.34. The van der Waals surface area contributed by atoms with Crippen molar-refractivity contribution in [2.45, 2.75) is 39.0 Å². The molecule has 0 bridgehead atoms. The molecule has 1 amide bonds. The highest BCUT2D eigenvalue weighted by molar-refractivity contribution is 5.90. The van der Waals surface area contributed by atoms with E-state index in [1.807, 2.05) is 0 Å². The van der Waals surface area contributed by atoms with Crippen LogP contribution in [-0.2, 0) is 4.79 Å². The number of hydrogen-bond acceptors (Lipinski definition) is 1. The Bertz CT molecular complexity index is 380. The van der Waals surface area contributed by atoms with E-state index in [0.29, 0.717) is 12.1 Å². The second-order valence-electron chi connectivity index (χ2n) is 3.99. The molecule has 0 heterocycles. The number of carbonyl (C=O) groups is 1. The molecular formula is C13H17F2NO. The Morgan fingerprint density at radius 1 is 1.18 bits per heavy atom. The quantitative estimate of drug-likeness (QED) is 0.752. The molecule has 1 aromatic carbocycles. The number of benzene rings is 1. The van der Waals surface area contributed by atoms with Crippen LogP contribution in [-0.4, -0.2) is 5.91 Å². The van der Waals surface area contributed by atoms with Crippen LogP contribution in [0, 0.1) is 11.6 Å². The lowest BCUT2D eigenvalue weighted by Crippen LogP contribution is -2.11. The van der Waals surface area contributed by atoms with Crippen molar-refractivity contribution in [3.05, 3.63) is 29.8 Å². The zero-order chi connectivity index (χ0) is 12.7. The highest BCUT2D eigenvalue weighted by Crippen LogP contribution is 2.13. The minimum atomic E-state index is -0.950. The van der Waals surface area contributed by atoms with Crippen molar-refractivity contribution in [2.75, 3.05) is 5.32 Å². The van der Waals surface area contributed by atoms with Gasteiger partial charge in [0.25, 0.3) is 0 Å². The molecule has 0 atom stereocenters. The molecule has 0 aromatic heterocycles. The first-order chi connectivity index (χ1) is 8.13. The molecule has 17 heavy (non-hydrogen) atoms. The van der Waals surface area contributed by atoms with Gasteiger partial charge >= 0.3 is 0 Å². The second kappa shape index (κ2) is 6.99. The van der Waals surface area contributed by atoms with Crippen molar-refractivity contribution in [3.63, 3.8) is 0 Å². The Kier molecular flexibility index (Phi) is 5.60. The molecule has 2 nitrogen and oxygen atoms in total. The van der Waals surface area contributed by atoms with Crippen LogP contribution in [0.2, 0.25) is 0 Å². The van der Waals surface area contributed by atoms with E-state index in [0.717, 1.165) is 37.8 Å². The Balaban J connectivity index is 2.37. The summed E-state index contributed by atoms with van der Waals surface area (Å²) >= 11 is 0. The van der Waals surface area contributed by atoms with Crippen LogP contribution in [0.15, 0.2) is 18.2 Å². The zero-order valence-electron chi connectivity index (χ0n) is 9.93. The Morgan fingerprint density at radius 3 is 2.59 bits per heavy atom. The van der Waals surface area contributed by atoms with Crippen LogP contribution in [0.4, 0.5) is 14.5 Å². The third kappa shape index (κ3) is 4.93. The van der Waals surface area contributed by atoms with E-state index in [1.54, 1.807) is 0 Å². The predicted molar refractivity (Wildman–Crippen MR) is 63.7 cm³/mol. The van der Waals surface area contributed by atoms with Crippen molar-refractivity contribution in [1.29, 1.82) is 0 Å². The molecule has 0 radical (unpaired) electrons. The molecule has 0 aliphatic rings. The molecule has 0 saturated heterocycles. The van der Waals surface area contributed by atoms with Gasteiger partial charge in [-0.1, -0.05) is 26.2 Å². The summed E-state index contributed by atoms with van der Waals surface area (Å²) < 4.78 is 25.5. The number of unbranched alkanes of at least 4 members (excludes halogenated alkanes) is 3. The van der Waals surface area contributed by atoms with Gasteiger partial charge in [0.05, 0.1) is 0 Å². The predicted octanol–water partition coefficient (Wildman–Crippen LogP) is 3.87. The fourth-order valence-electron chi connectivity index (χ4n) is 1.51. The normalized spacial score (nSPS) is 10.3. The van der Waals surface area contributed by atoms with Crippen LogP contribution >= 0.6 is 0 Å². The van der Waals surface area contributed by atoms with Gasteiger partial charge in [0, 0.05) is 18.2 Å². The Hall–Kier alpha value is -1.45. The Labute approximate surface area is 100 Å². The number of carbonyl (C=O) groups excluding carboxylic acids is 1. The van der Waals surface area contributed by atoms with Crippen molar-refractivity contribution < 1.29 is 13.6 Å². The lowest BCUT2D eigenvalue weighted by Gasteiger charge is -2.05. The van der Waals surface area contributed by atoms with Gasteiger partial charge in [-0.05, 0) is 18.6 Å². The van der Waals surface area contributed by atoms with Crippen LogP contribution in [0.1, 0.15) is 39.0 Å². The number of hydrogen-bond donors (Lipinski definition) is 1. The third-order valence-electron chi connectivity index (χ3n) is 2.46. The summed E-state index contributed by atoms with van der Waals surface area (Å²) in [6.45, 7) is 2.10. The van der Waals surface area contributed by atoms with E-state index >= 15 is 0 Å². The monoisotopic (exact) mass is 241 g/mol. The maximum Gasteiger partial charge on any atom is 0.224 e. The van der Waals surface area contributed by atoms with E-state index in [1.165, 1.54) is 6.07 Å². The van der Waals surface area contributed by atoms with Gasteiger partial charge in [-0.25, -0.2) is 8.78 Å². The maximum atomic E-state index is 12.9. The van der Waals surface area contributed by atoms with Crippen molar-refractivity contribution >= 4 is 11.6 Å². The van der Waals surface area contributed by atoms with Crippen LogP contribution < -0.4 is 5.32 Å². The minimum absolute atomic E-state index is 0.160. The van der Waals surface area contributed by atoms with E-state index in [-0.39, 0.29) is 5.91 Å². The molecule has 0 saturated carbocycles. The molecule has 0 fully saturated rings. The van der Waals surface area contributed by atoms with E-state index < -0.39 is 11.6 Å².